The summed E-state index contributed by atoms with van der Waals surface area (Å²) in [7, 11) is 0. The van der Waals surface area contributed by atoms with Crippen LogP contribution in [0.2, 0.25) is 0 Å². The highest BCUT2D eigenvalue weighted by atomic mass is 79.9. The fraction of sp³-hybridized carbons (Fsp3) is 0.500. The second kappa shape index (κ2) is 5.43. The molecular formula is C12H17Br. The van der Waals surface area contributed by atoms with E-state index in [4.69, 9.17) is 0 Å². The van der Waals surface area contributed by atoms with E-state index in [0.29, 0.717) is 0 Å². The summed E-state index contributed by atoms with van der Waals surface area (Å²) in [6, 6.07) is 6.54. The smallest absolute Gasteiger partial charge is 0.0178 e. The minimum Gasteiger partial charge on any atom is -0.0654 e. The Morgan fingerprint density at radius 3 is 2.69 bits per heavy atom. The van der Waals surface area contributed by atoms with Gasteiger partial charge in [0.05, 0.1) is 0 Å². The Morgan fingerprint density at radius 1 is 1.23 bits per heavy atom. The first kappa shape index (κ1) is 10.8. The van der Waals surface area contributed by atoms with Crippen LogP contribution in [0.5, 0.6) is 0 Å². The molecule has 0 aliphatic heterocycles. The van der Waals surface area contributed by atoms with Crippen LogP contribution in [0.25, 0.3) is 0 Å². The van der Waals surface area contributed by atoms with Crippen molar-refractivity contribution >= 4 is 15.9 Å². The van der Waals surface area contributed by atoms with Gasteiger partial charge in [-0.3, -0.25) is 0 Å². The van der Waals surface area contributed by atoms with Crippen LogP contribution >= 0.6 is 15.9 Å². The van der Waals surface area contributed by atoms with Crippen molar-refractivity contribution < 1.29 is 0 Å². The molecule has 0 radical (unpaired) electrons. The first-order chi connectivity index (χ1) is 6.24. The summed E-state index contributed by atoms with van der Waals surface area (Å²) in [4.78, 5) is 0. The Kier molecular flexibility index (Phi) is 4.51. The molecule has 0 unspecified atom stereocenters. The first-order valence-corrected chi connectivity index (χ1v) is 5.78. The maximum absolute atomic E-state index is 3.51. The lowest BCUT2D eigenvalue weighted by Crippen LogP contribution is -1.89. The average Bonchev–Trinajstić information content (AvgIpc) is 2.11. The minimum atomic E-state index is 1.20. The molecule has 0 aliphatic rings. The summed E-state index contributed by atoms with van der Waals surface area (Å²) in [6.45, 7) is 4.43. The normalized spacial score (nSPS) is 10.4. The molecule has 0 fully saturated rings. The van der Waals surface area contributed by atoms with Crippen LogP contribution in [-0.2, 0) is 6.42 Å². The second-order valence-electron chi connectivity index (χ2n) is 3.53. The van der Waals surface area contributed by atoms with Crippen LogP contribution in [0, 0.1) is 6.92 Å². The molecule has 0 bridgehead atoms. The van der Waals surface area contributed by atoms with Gasteiger partial charge in [0.1, 0.15) is 0 Å². The molecule has 0 heterocycles. The van der Waals surface area contributed by atoms with Crippen LogP contribution in [-0.4, -0.2) is 0 Å². The van der Waals surface area contributed by atoms with E-state index >= 15 is 0 Å². The molecule has 0 spiro atoms. The lowest BCUT2D eigenvalue weighted by Gasteiger charge is -2.05. The molecule has 0 aliphatic carbocycles. The molecule has 0 saturated carbocycles. The number of halogens is 1. The molecule has 0 N–H and O–H groups in total. The Balaban J connectivity index is 2.59. The van der Waals surface area contributed by atoms with Gasteiger partial charge in [0.25, 0.3) is 0 Å². The standard InChI is InChI=1S/C12H17Br/c1-3-4-5-6-11-9-12(13)8-7-10(11)2/h7-9H,3-6H2,1-2H3. The Labute approximate surface area is 89.5 Å². The van der Waals surface area contributed by atoms with Crippen molar-refractivity contribution in [1.29, 1.82) is 0 Å². The average molecular weight is 241 g/mol. The SMILES string of the molecule is CCCCCc1cc(Br)ccc1C. The van der Waals surface area contributed by atoms with Crippen LogP contribution in [0.3, 0.4) is 0 Å². The van der Waals surface area contributed by atoms with Gasteiger partial charge < -0.3 is 0 Å². The van der Waals surface area contributed by atoms with Gasteiger partial charge in [-0.05, 0) is 43.0 Å². The van der Waals surface area contributed by atoms with E-state index in [1.807, 2.05) is 0 Å². The van der Waals surface area contributed by atoms with Gasteiger partial charge in [0.15, 0.2) is 0 Å². The highest BCUT2D eigenvalue weighted by molar-refractivity contribution is 9.10. The summed E-state index contributed by atoms with van der Waals surface area (Å²) in [5.41, 5.74) is 2.90. The molecule has 0 atom stereocenters. The van der Waals surface area contributed by atoms with Gasteiger partial charge in [0, 0.05) is 4.47 Å². The van der Waals surface area contributed by atoms with Gasteiger partial charge in [0.2, 0.25) is 0 Å². The Morgan fingerprint density at radius 2 is 2.00 bits per heavy atom. The van der Waals surface area contributed by atoms with E-state index in [9.17, 15) is 0 Å². The molecule has 13 heavy (non-hydrogen) atoms. The molecule has 1 aromatic rings. The number of benzene rings is 1. The molecule has 1 heteroatoms. The predicted octanol–water partition coefficient (Wildman–Crippen LogP) is 4.49. The fourth-order valence-electron chi connectivity index (χ4n) is 1.47. The Bertz CT molecular complexity index is 266. The topological polar surface area (TPSA) is 0 Å². The first-order valence-electron chi connectivity index (χ1n) is 4.99. The van der Waals surface area contributed by atoms with Crippen molar-refractivity contribution in [3.05, 3.63) is 33.8 Å². The highest BCUT2D eigenvalue weighted by Gasteiger charge is 1.98. The molecule has 72 valence electrons. The number of hydrogen-bond donors (Lipinski definition) is 0. The summed E-state index contributed by atoms with van der Waals surface area (Å²) < 4.78 is 1.20. The molecule has 1 rings (SSSR count). The lowest BCUT2D eigenvalue weighted by molar-refractivity contribution is 0.715. The van der Waals surface area contributed by atoms with Crippen LogP contribution < -0.4 is 0 Å². The van der Waals surface area contributed by atoms with Crippen molar-refractivity contribution in [3.8, 4) is 0 Å². The summed E-state index contributed by atoms with van der Waals surface area (Å²) in [6.07, 6.45) is 5.17. The van der Waals surface area contributed by atoms with Crippen molar-refractivity contribution in [2.45, 2.75) is 39.5 Å². The molecule has 1 aromatic carbocycles. The van der Waals surface area contributed by atoms with Gasteiger partial charge in [-0.15, -0.1) is 0 Å². The van der Waals surface area contributed by atoms with Gasteiger partial charge in [-0.1, -0.05) is 41.8 Å². The van der Waals surface area contributed by atoms with Crippen LogP contribution in [0.15, 0.2) is 22.7 Å². The maximum Gasteiger partial charge on any atom is 0.0178 e. The number of rotatable bonds is 4. The molecule has 0 nitrogen and oxygen atoms in total. The van der Waals surface area contributed by atoms with Crippen molar-refractivity contribution in [2.24, 2.45) is 0 Å². The highest BCUT2D eigenvalue weighted by Crippen LogP contribution is 2.18. The van der Waals surface area contributed by atoms with Crippen molar-refractivity contribution in [2.75, 3.05) is 0 Å². The van der Waals surface area contributed by atoms with Crippen molar-refractivity contribution in [1.82, 2.24) is 0 Å². The maximum atomic E-state index is 3.51. The second-order valence-corrected chi connectivity index (χ2v) is 4.44. The van der Waals surface area contributed by atoms with Gasteiger partial charge in [-0.25, -0.2) is 0 Å². The third-order valence-corrected chi connectivity index (χ3v) is 2.85. The minimum absolute atomic E-state index is 1.20. The summed E-state index contributed by atoms with van der Waals surface area (Å²) in [5.74, 6) is 0. The van der Waals surface area contributed by atoms with E-state index in [2.05, 4.69) is 48.0 Å². The van der Waals surface area contributed by atoms with Crippen LogP contribution in [0.1, 0.15) is 37.3 Å². The summed E-state index contributed by atoms with van der Waals surface area (Å²) in [5, 5.41) is 0. The third-order valence-electron chi connectivity index (χ3n) is 2.36. The van der Waals surface area contributed by atoms with E-state index in [1.54, 1.807) is 0 Å². The third kappa shape index (κ3) is 3.51. The Hall–Kier alpha value is -0.300. The van der Waals surface area contributed by atoms with Crippen molar-refractivity contribution in [3.63, 3.8) is 0 Å². The number of unbranched alkanes of at least 4 members (excludes halogenated alkanes) is 2. The zero-order chi connectivity index (χ0) is 9.68. The lowest BCUT2D eigenvalue weighted by atomic mass is 10.0. The monoisotopic (exact) mass is 240 g/mol. The number of hydrogen-bond acceptors (Lipinski definition) is 0. The van der Waals surface area contributed by atoms with Gasteiger partial charge in [-0.2, -0.15) is 0 Å². The van der Waals surface area contributed by atoms with Crippen LogP contribution in [0.4, 0.5) is 0 Å². The molecule has 0 saturated heterocycles. The van der Waals surface area contributed by atoms with E-state index in [1.165, 1.54) is 41.3 Å². The largest absolute Gasteiger partial charge is 0.0654 e. The zero-order valence-corrected chi connectivity index (χ0v) is 10.0. The quantitative estimate of drug-likeness (QED) is 0.681. The van der Waals surface area contributed by atoms with E-state index in [0.717, 1.165) is 0 Å². The summed E-state index contributed by atoms with van der Waals surface area (Å²) >= 11 is 3.51. The van der Waals surface area contributed by atoms with E-state index in [-0.39, 0.29) is 0 Å². The fourth-order valence-corrected chi connectivity index (χ4v) is 1.88. The predicted molar refractivity (Wildman–Crippen MR) is 62.1 cm³/mol. The zero-order valence-electron chi connectivity index (χ0n) is 8.44. The number of aryl methyl sites for hydroxylation is 2. The van der Waals surface area contributed by atoms with Gasteiger partial charge >= 0.3 is 0 Å². The molecule has 0 aromatic heterocycles. The molecular weight excluding hydrogens is 224 g/mol. The molecule has 0 amide bonds. The van der Waals surface area contributed by atoms with E-state index < -0.39 is 0 Å².